The second-order valence-corrected chi connectivity index (χ2v) is 5.87. The van der Waals surface area contributed by atoms with E-state index >= 15 is 0 Å². The largest absolute Gasteiger partial charge is 0.356 e. The van der Waals surface area contributed by atoms with Crippen molar-refractivity contribution in [3.05, 3.63) is 26.4 Å². The monoisotopic (exact) mass is 276 g/mol. The smallest absolute Gasteiger partial charge is 0.332 e. The fourth-order valence-electron chi connectivity index (χ4n) is 3.14. The van der Waals surface area contributed by atoms with E-state index in [-0.39, 0.29) is 5.56 Å². The number of hydrogen-bond donors (Lipinski definition) is 0. The molecular weight excluding hydrogens is 256 g/mol. The van der Waals surface area contributed by atoms with Crippen molar-refractivity contribution in [2.75, 3.05) is 18.0 Å². The predicted molar refractivity (Wildman–Crippen MR) is 76.8 cm³/mol. The van der Waals surface area contributed by atoms with Gasteiger partial charge in [-0.2, -0.15) is 5.26 Å². The Labute approximate surface area is 117 Å². The van der Waals surface area contributed by atoms with E-state index in [9.17, 15) is 14.9 Å². The van der Waals surface area contributed by atoms with E-state index in [1.165, 1.54) is 11.6 Å². The fourth-order valence-corrected chi connectivity index (χ4v) is 3.14. The van der Waals surface area contributed by atoms with E-state index in [0.29, 0.717) is 17.7 Å². The summed E-state index contributed by atoms with van der Waals surface area (Å²) in [5.74, 6) is 1.41. The first kappa shape index (κ1) is 14.4. The molecule has 0 aliphatic carbocycles. The molecule has 1 aromatic heterocycles. The Kier molecular flexibility index (Phi) is 3.71. The van der Waals surface area contributed by atoms with E-state index in [4.69, 9.17) is 0 Å². The zero-order valence-electron chi connectivity index (χ0n) is 12.4. The van der Waals surface area contributed by atoms with Crippen LogP contribution < -0.4 is 16.1 Å². The molecule has 20 heavy (non-hydrogen) atoms. The third kappa shape index (κ3) is 2.24. The lowest BCUT2D eigenvalue weighted by atomic mass is 9.92. The summed E-state index contributed by atoms with van der Waals surface area (Å²) in [6, 6.07) is 1.96. The molecule has 108 valence electrons. The van der Waals surface area contributed by atoms with Crippen LogP contribution in [0.5, 0.6) is 0 Å². The number of aromatic nitrogens is 2. The van der Waals surface area contributed by atoms with Gasteiger partial charge in [0, 0.05) is 27.2 Å². The molecule has 2 heterocycles. The minimum Gasteiger partial charge on any atom is -0.356 e. The van der Waals surface area contributed by atoms with Crippen molar-refractivity contribution in [3.63, 3.8) is 0 Å². The minimum atomic E-state index is -0.517. The highest BCUT2D eigenvalue weighted by atomic mass is 16.2. The van der Waals surface area contributed by atoms with E-state index in [2.05, 4.69) is 13.8 Å². The molecule has 1 saturated heterocycles. The van der Waals surface area contributed by atoms with Crippen molar-refractivity contribution in [2.24, 2.45) is 25.9 Å². The highest BCUT2D eigenvalue weighted by molar-refractivity contribution is 5.53. The van der Waals surface area contributed by atoms with Crippen LogP contribution in [0.1, 0.15) is 25.8 Å². The molecule has 0 bridgehead atoms. The molecule has 2 unspecified atom stereocenters. The van der Waals surface area contributed by atoms with E-state index in [1.807, 2.05) is 11.0 Å². The molecular formula is C14H20N4O2. The highest BCUT2D eigenvalue weighted by Crippen LogP contribution is 2.26. The maximum absolute atomic E-state index is 12.1. The Hall–Kier alpha value is -2.03. The molecule has 1 aliphatic rings. The molecule has 0 amide bonds. The number of anilines is 1. The Morgan fingerprint density at radius 2 is 1.65 bits per heavy atom. The number of rotatable bonds is 1. The van der Waals surface area contributed by atoms with E-state index in [0.717, 1.165) is 24.1 Å². The average Bonchev–Trinajstić information content (AvgIpc) is 2.39. The van der Waals surface area contributed by atoms with Gasteiger partial charge in [0.1, 0.15) is 11.9 Å². The molecule has 0 radical (unpaired) electrons. The van der Waals surface area contributed by atoms with Crippen molar-refractivity contribution in [3.8, 4) is 6.07 Å². The van der Waals surface area contributed by atoms with Crippen LogP contribution in [0.15, 0.2) is 9.59 Å². The van der Waals surface area contributed by atoms with Crippen LogP contribution in [0.4, 0.5) is 5.82 Å². The van der Waals surface area contributed by atoms with Gasteiger partial charge in [-0.1, -0.05) is 13.8 Å². The molecule has 0 N–H and O–H groups in total. The summed E-state index contributed by atoms with van der Waals surface area (Å²) in [5, 5.41) is 9.30. The first-order chi connectivity index (χ1) is 9.36. The average molecular weight is 276 g/mol. The first-order valence-electron chi connectivity index (χ1n) is 6.81. The standard InChI is InChI=1S/C14H20N4O2/c1-9-5-10(2)8-18(7-9)12-11(6-15)13(19)17(4)14(20)16(12)3/h9-10H,5,7-8H2,1-4H3. The number of nitriles is 1. The van der Waals surface area contributed by atoms with Crippen molar-refractivity contribution in [2.45, 2.75) is 20.3 Å². The summed E-state index contributed by atoms with van der Waals surface area (Å²) in [7, 11) is 3.01. The molecule has 1 aliphatic heterocycles. The highest BCUT2D eigenvalue weighted by Gasteiger charge is 2.27. The van der Waals surface area contributed by atoms with Crippen LogP contribution in [0.25, 0.3) is 0 Å². The second-order valence-electron chi connectivity index (χ2n) is 5.87. The van der Waals surface area contributed by atoms with Crippen molar-refractivity contribution in [1.29, 1.82) is 5.26 Å². The van der Waals surface area contributed by atoms with Crippen LogP contribution in [0.3, 0.4) is 0 Å². The normalized spacial score (nSPS) is 22.6. The van der Waals surface area contributed by atoms with Crippen LogP contribution >= 0.6 is 0 Å². The van der Waals surface area contributed by atoms with Crippen LogP contribution in [0, 0.1) is 23.2 Å². The summed E-state index contributed by atoms with van der Waals surface area (Å²) >= 11 is 0. The van der Waals surface area contributed by atoms with Gasteiger partial charge in [-0.25, -0.2) is 4.79 Å². The van der Waals surface area contributed by atoms with Crippen molar-refractivity contribution < 1.29 is 0 Å². The molecule has 0 aromatic carbocycles. The summed E-state index contributed by atoms with van der Waals surface area (Å²) in [6.07, 6.45) is 1.12. The molecule has 1 aromatic rings. The van der Waals surface area contributed by atoms with Gasteiger partial charge in [-0.15, -0.1) is 0 Å². The minimum absolute atomic E-state index is 0.0518. The molecule has 1 fully saturated rings. The Balaban J connectivity index is 2.65. The van der Waals surface area contributed by atoms with Gasteiger partial charge in [-0.3, -0.25) is 13.9 Å². The van der Waals surface area contributed by atoms with Crippen LogP contribution in [-0.2, 0) is 14.1 Å². The zero-order chi connectivity index (χ0) is 15.0. The summed E-state index contributed by atoms with van der Waals surface area (Å²) < 4.78 is 2.39. The lowest BCUT2D eigenvalue weighted by Crippen LogP contribution is -2.46. The zero-order valence-corrected chi connectivity index (χ0v) is 12.4. The summed E-state index contributed by atoms with van der Waals surface area (Å²) in [6.45, 7) is 5.82. The molecule has 0 spiro atoms. The van der Waals surface area contributed by atoms with Crippen LogP contribution in [0.2, 0.25) is 0 Å². The molecule has 6 heteroatoms. The number of hydrogen-bond acceptors (Lipinski definition) is 4. The van der Waals surface area contributed by atoms with Gasteiger partial charge in [0.2, 0.25) is 0 Å². The molecule has 2 rings (SSSR count). The van der Waals surface area contributed by atoms with Crippen LogP contribution in [-0.4, -0.2) is 22.2 Å². The summed E-state index contributed by atoms with van der Waals surface area (Å²) in [5.41, 5.74) is -0.859. The third-order valence-electron chi connectivity index (χ3n) is 3.91. The topological polar surface area (TPSA) is 71.0 Å². The maximum Gasteiger partial charge on any atom is 0.332 e. The van der Waals surface area contributed by atoms with Gasteiger partial charge in [0.25, 0.3) is 5.56 Å². The van der Waals surface area contributed by atoms with Gasteiger partial charge in [0.05, 0.1) is 0 Å². The maximum atomic E-state index is 12.1. The number of nitrogens with zero attached hydrogens (tertiary/aromatic N) is 4. The van der Waals surface area contributed by atoms with E-state index < -0.39 is 11.2 Å². The molecule has 6 nitrogen and oxygen atoms in total. The van der Waals surface area contributed by atoms with Gasteiger partial charge in [0.15, 0.2) is 5.56 Å². The van der Waals surface area contributed by atoms with Gasteiger partial charge >= 0.3 is 5.69 Å². The van der Waals surface area contributed by atoms with Crippen molar-refractivity contribution >= 4 is 5.82 Å². The Morgan fingerprint density at radius 3 is 2.15 bits per heavy atom. The SMILES string of the molecule is CC1CC(C)CN(c2c(C#N)c(=O)n(C)c(=O)n2C)C1. The lowest BCUT2D eigenvalue weighted by Gasteiger charge is -2.37. The Bertz CT molecular complexity index is 670. The Morgan fingerprint density at radius 1 is 1.10 bits per heavy atom. The quantitative estimate of drug-likeness (QED) is 0.746. The fraction of sp³-hybridized carbons (Fsp3) is 0.643. The van der Waals surface area contributed by atoms with E-state index in [1.54, 1.807) is 7.05 Å². The first-order valence-corrected chi connectivity index (χ1v) is 6.81. The molecule has 0 saturated carbocycles. The third-order valence-corrected chi connectivity index (χ3v) is 3.91. The predicted octanol–water partition coefficient (Wildman–Crippen LogP) is 0.438. The summed E-state index contributed by atoms with van der Waals surface area (Å²) in [4.78, 5) is 26.2. The van der Waals surface area contributed by atoms with Gasteiger partial charge < -0.3 is 4.90 Å². The molecule has 2 atom stereocenters. The number of piperidine rings is 1. The van der Waals surface area contributed by atoms with Gasteiger partial charge in [-0.05, 0) is 18.3 Å². The van der Waals surface area contributed by atoms with Crippen molar-refractivity contribution in [1.82, 2.24) is 9.13 Å². The second kappa shape index (κ2) is 5.16. The lowest BCUT2D eigenvalue weighted by molar-refractivity contribution is 0.352.